The van der Waals surface area contributed by atoms with E-state index in [4.69, 9.17) is 0 Å². The topological polar surface area (TPSA) is 20.3 Å². The number of carbonyl (C=O) groups excluding carboxylic acids is 1. The molecule has 0 aliphatic carbocycles. The maximum absolute atomic E-state index is 12.7. The summed E-state index contributed by atoms with van der Waals surface area (Å²) in [6.07, 6.45) is -4.40. The zero-order valence-electron chi connectivity index (χ0n) is 12.0. The average Bonchev–Trinajstić information content (AvgIpc) is 2.49. The maximum atomic E-state index is 12.7. The normalized spacial score (nSPS) is 17.8. The molecule has 0 N–H and O–H groups in total. The van der Waals surface area contributed by atoms with Crippen LogP contribution in [0.5, 0.6) is 0 Å². The van der Waals surface area contributed by atoms with Crippen LogP contribution in [0.1, 0.15) is 44.7 Å². The number of nitrogens with zero attached hydrogens (tertiary/aromatic N) is 1. The minimum Gasteiger partial charge on any atom is -0.302 e. The van der Waals surface area contributed by atoms with Gasteiger partial charge in [0.15, 0.2) is 0 Å². The Kier molecular flexibility index (Phi) is 3.35. The Labute approximate surface area is 116 Å². The molecular weight excluding hydrogens is 267 g/mol. The summed E-state index contributed by atoms with van der Waals surface area (Å²) in [5.74, 6) is -0.294. The van der Waals surface area contributed by atoms with E-state index in [2.05, 4.69) is 0 Å². The van der Waals surface area contributed by atoms with Crippen LogP contribution < -0.4 is 4.90 Å². The number of amides is 1. The van der Waals surface area contributed by atoms with Gasteiger partial charge in [-0.3, -0.25) is 4.79 Å². The molecule has 0 bridgehead atoms. The van der Waals surface area contributed by atoms with Gasteiger partial charge in [-0.2, -0.15) is 13.2 Å². The van der Waals surface area contributed by atoms with Crippen molar-refractivity contribution in [3.63, 3.8) is 0 Å². The van der Waals surface area contributed by atoms with Crippen LogP contribution in [0.3, 0.4) is 0 Å². The molecule has 0 saturated heterocycles. The summed E-state index contributed by atoms with van der Waals surface area (Å²) >= 11 is 0. The van der Waals surface area contributed by atoms with Gasteiger partial charge in [-0.1, -0.05) is 26.0 Å². The highest BCUT2D eigenvalue weighted by Gasteiger charge is 2.47. The Balaban J connectivity index is 2.53. The van der Waals surface area contributed by atoms with Crippen molar-refractivity contribution in [1.29, 1.82) is 0 Å². The molecule has 20 heavy (non-hydrogen) atoms. The lowest BCUT2D eigenvalue weighted by molar-refractivity contribution is -0.134. The van der Waals surface area contributed by atoms with Gasteiger partial charge in [0.1, 0.15) is 6.54 Å². The van der Waals surface area contributed by atoms with Crippen LogP contribution in [0.2, 0.25) is 0 Å². The first-order valence-electron chi connectivity index (χ1n) is 6.57. The lowest BCUT2D eigenvalue weighted by atomic mass is 9.85. The van der Waals surface area contributed by atoms with Gasteiger partial charge < -0.3 is 4.90 Å². The van der Waals surface area contributed by atoms with Crippen LogP contribution in [-0.2, 0) is 10.2 Å². The molecule has 1 aromatic carbocycles. The summed E-state index contributed by atoms with van der Waals surface area (Å²) in [7, 11) is 0. The molecule has 0 radical (unpaired) electrons. The molecule has 5 heteroatoms. The SMILES string of the molecule is CC(C)c1ccc2c(c1)N(CC(F)(F)F)C(=O)C2(C)C. The van der Waals surface area contributed by atoms with E-state index in [9.17, 15) is 18.0 Å². The molecule has 0 atom stereocenters. The van der Waals surface area contributed by atoms with Gasteiger partial charge in [0.25, 0.3) is 0 Å². The minimum atomic E-state index is -4.40. The van der Waals surface area contributed by atoms with Crippen LogP contribution in [0.15, 0.2) is 18.2 Å². The molecule has 1 aromatic rings. The molecule has 0 spiro atoms. The summed E-state index contributed by atoms with van der Waals surface area (Å²) in [4.78, 5) is 13.1. The summed E-state index contributed by atoms with van der Waals surface area (Å²) in [5.41, 5.74) is 1.08. The van der Waals surface area contributed by atoms with Crippen LogP contribution in [0.25, 0.3) is 0 Å². The summed E-state index contributed by atoms with van der Waals surface area (Å²) < 4.78 is 38.1. The van der Waals surface area contributed by atoms with E-state index in [0.29, 0.717) is 11.3 Å². The second kappa shape index (κ2) is 4.50. The third kappa shape index (κ3) is 2.41. The highest BCUT2D eigenvalue weighted by atomic mass is 19.4. The first-order chi connectivity index (χ1) is 9.04. The second-order valence-corrected chi connectivity index (χ2v) is 6.06. The van der Waals surface area contributed by atoms with Crippen LogP contribution in [-0.4, -0.2) is 18.6 Å². The predicted octanol–water partition coefficient (Wildman–Crippen LogP) is 4.00. The van der Waals surface area contributed by atoms with Gasteiger partial charge in [-0.05, 0) is 37.0 Å². The number of carbonyl (C=O) groups is 1. The van der Waals surface area contributed by atoms with Gasteiger partial charge in [0.05, 0.1) is 5.41 Å². The molecule has 2 nitrogen and oxygen atoms in total. The Morgan fingerprint density at radius 3 is 2.35 bits per heavy atom. The van der Waals surface area contributed by atoms with E-state index in [1.807, 2.05) is 19.9 Å². The van der Waals surface area contributed by atoms with Crippen molar-refractivity contribution in [3.8, 4) is 0 Å². The number of alkyl halides is 3. The standard InChI is InChI=1S/C15H18F3NO/c1-9(2)10-5-6-11-12(7-10)19(8-15(16,17)18)13(20)14(11,3)4/h5-7,9H,8H2,1-4H3. The second-order valence-electron chi connectivity index (χ2n) is 6.06. The Hall–Kier alpha value is -1.52. The number of benzene rings is 1. The fourth-order valence-electron chi connectivity index (χ4n) is 2.56. The van der Waals surface area contributed by atoms with Crippen LogP contribution in [0, 0.1) is 0 Å². The van der Waals surface area contributed by atoms with Crippen molar-refractivity contribution in [2.45, 2.75) is 45.2 Å². The van der Waals surface area contributed by atoms with Gasteiger partial charge in [0, 0.05) is 5.69 Å². The van der Waals surface area contributed by atoms with Crippen molar-refractivity contribution >= 4 is 11.6 Å². The number of anilines is 1. The fraction of sp³-hybridized carbons (Fsp3) is 0.533. The van der Waals surface area contributed by atoms with E-state index >= 15 is 0 Å². The largest absolute Gasteiger partial charge is 0.406 e. The first kappa shape index (κ1) is 14.9. The third-order valence-corrected chi connectivity index (χ3v) is 3.77. The van der Waals surface area contributed by atoms with Gasteiger partial charge in [-0.25, -0.2) is 0 Å². The number of hydrogen-bond donors (Lipinski definition) is 0. The Morgan fingerprint density at radius 1 is 1.25 bits per heavy atom. The number of rotatable bonds is 2. The summed E-state index contributed by atoms with van der Waals surface area (Å²) in [5, 5.41) is 0. The van der Waals surface area contributed by atoms with Crippen LogP contribution >= 0.6 is 0 Å². The monoisotopic (exact) mass is 285 g/mol. The smallest absolute Gasteiger partial charge is 0.302 e. The molecule has 0 aromatic heterocycles. The fourth-order valence-corrected chi connectivity index (χ4v) is 2.56. The molecule has 0 fully saturated rings. The van der Waals surface area contributed by atoms with Gasteiger partial charge in [0.2, 0.25) is 5.91 Å². The molecule has 1 aliphatic heterocycles. The van der Waals surface area contributed by atoms with Crippen molar-refractivity contribution in [2.24, 2.45) is 0 Å². The molecule has 1 aliphatic rings. The molecule has 0 saturated carbocycles. The third-order valence-electron chi connectivity index (χ3n) is 3.77. The van der Waals surface area contributed by atoms with Crippen molar-refractivity contribution in [3.05, 3.63) is 29.3 Å². The lowest BCUT2D eigenvalue weighted by Crippen LogP contribution is -2.41. The van der Waals surface area contributed by atoms with E-state index in [-0.39, 0.29) is 5.92 Å². The maximum Gasteiger partial charge on any atom is 0.406 e. The average molecular weight is 285 g/mol. The zero-order chi connectivity index (χ0) is 15.3. The Morgan fingerprint density at radius 2 is 1.85 bits per heavy atom. The molecule has 2 rings (SSSR count). The number of hydrogen-bond acceptors (Lipinski definition) is 1. The Bertz CT molecular complexity index is 547. The lowest BCUT2D eigenvalue weighted by Gasteiger charge is -2.21. The molecule has 1 amide bonds. The minimum absolute atomic E-state index is 0.201. The zero-order valence-corrected chi connectivity index (χ0v) is 12.0. The van der Waals surface area contributed by atoms with Crippen molar-refractivity contribution in [1.82, 2.24) is 0 Å². The molecule has 110 valence electrons. The molecule has 0 unspecified atom stereocenters. The van der Waals surface area contributed by atoms with E-state index in [1.165, 1.54) is 0 Å². The number of fused-ring (bicyclic) bond motifs is 1. The highest BCUT2D eigenvalue weighted by molar-refractivity contribution is 6.07. The molecular formula is C15H18F3NO. The number of halogens is 3. The predicted molar refractivity (Wildman–Crippen MR) is 72.0 cm³/mol. The van der Waals surface area contributed by atoms with Crippen molar-refractivity contribution < 1.29 is 18.0 Å². The van der Waals surface area contributed by atoms with E-state index in [1.54, 1.807) is 26.0 Å². The highest BCUT2D eigenvalue weighted by Crippen LogP contribution is 2.43. The van der Waals surface area contributed by atoms with Gasteiger partial charge in [-0.15, -0.1) is 0 Å². The van der Waals surface area contributed by atoms with Crippen LogP contribution in [0.4, 0.5) is 18.9 Å². The summed E-state index contributed by atoms with van der Waals surface area (Å²) in [6, 6.07) is 5.37. The first-order valence-corrected chi connectivity index (χ1v) is 6.57. The van der Waals surface area contributed by atoms with Gasteiger partial charge >= 0.3 is 6.18 Å². The van der Waals surface area contributed by atoms with E-state index in [0.717, 1.165) is 10.5 Å². The summed E-state index contributed by atoms with van der Waals surface area (Å²) in [6.45, 7) is 6.04. The van der Waals surface area contributed by atoms with Crippen molar-refractivity contribution in [2.75, 3.05) is 11.4 Å². The molecule has 1 heterocycles. The van der Waals surface area contributed by atoms with E-state index < -0.39 is 24.0 Å². The quantitative estimate of drug-likeness (QED) is 0.804.